The second-order valence-corrected chi connectivity index (χ2v) is 6.01. The molecule has 0 heterocycles. The van der Waals surface area contributed by atoms with Crippen LogP contribution in [0.3, 0.4) is 0 Å². The molecule has 0 saturated carbocycles. The number of esters is 1. The van der Waals surface area contributed by atoms with Crippen molar-refractivity contribution in [2.24, 2.45) is 11.8 Å². The zero-order valence-corrected chi connectivity index (χ0v) is 13.8. The molecule has 0 N–H and O–H groups in total. The molecular weight excluding hydrogens is 256 g/mol. The number of ether oxygens (including phenoxy) is 3. The Morgan fingerprint density at radius 1 is 1.05 bits per heavy atom. The molecule has 0 bridgehead atoms. The van der Waals surface area contributed by atoms with Crippen LogP contribution in [0.1, 0.15) is 53.4 Å². The van der Waals surface area contributed by atoms with Crippen LogP contribution in [0.2, 0.25) is 0 Å². The van der Waals surface area contributed by atoms with Gasteiger partial charge in [-0.15, -0.1) is 0 Å². The van der Waals surface area contributed by atoms with Crippen LogP contribution in [0, 0.1) is 11.8 Å². The van der Waals surface area contributed by atoms with Crippen LogP contribution >= 0.6 is 0 Å². The molecule has 2 unspecified atom stereocenters. The van der Waals surface area contributed by atoms with Gasteiger partial charge in [-0.3, -0.25) is 0 Å². The molecule has 0 aliphatic rings. The van der Waals surface area contributed by atoms with Gasteiger partial charge in [0.25, 0.3) is 0 Å². The smallest absolute Gasteiger partial charge is 0.332 e. The van der Waals surface area contributed by atoms with Crippen molar-refractivity contribution in [2.75, 3.05) is 26.9 Å². The summed E-state index contributed by atoms with van der Waals surface area (Å²) < 4.78 is 15.2. The van der Waals surface area contributed by atoms with E-state index in [9.17, 15) is 4.79 Å². The lowest BCUT2D eigenvalue weighted by molar-refractivity contribution is -0.154. The van der Waals surface area contributed by atoms with Gasteiger partial charge in [0.05, 0.1) is 19.3 Å². The normalized spacial score (nSPS) is 14.3. The Morgan fingerprint density at radius 3 is 2.35 bits per heavy atom. The van der Waals surface area contributed by atoms with E-state index in [2.05, 4.69) is 20.8 Å². The SMILES string of the molecule is COCCOCC(=O)OC(C)CCCC(C)CC(C)C. The Labute approximate surface area is 124 Å². The first-order valence-corrected chi connectivity index (χ1v) is 7.71. The lowest BCUT2D eigenvalue weighted by atomic mass is 9.93. The molecule has 4 nitrogen and oxygen atoms in total. The zero-order chi connectivity index (χ0) is 15.4. The summed E-state index contributed by atoms with van der Waals surface area (Å²) in [6, 6.07) is 0. The zero-order valence-electron chi connectivity index (χ0n) is 13.8. The first-order valence-electron chi connectivity index (χ1n) is 7.71. The largest absolute Gasteiger partial charge is 0.461 e. The van der Waals surface area contributed by atoms with Crippen molar-refractivity contribution in [3.63, 3.8) is 0 Å². The van der Waals surface area contributed by atoms with Gasteiger partial charge in [0.2, 0.25) is 0 Å². The first kappa shape index (κ1) is 19.4. The first-order chi connectivity index (χ1) is 9.45. The van der Waals surface area contributed by atoms with E-state index in [1.165, 1.54) is 12.8 Å². The van der Waals surface area contributed by atoms with E-state index in [1.54, 1.807) is 7.11 Å². The highest BCUT2D eigenvalue weighted by Crippen LogP contribution is 2.18. The van der Waals surface area contributed by atoms with Crippen molar-refractivity contribution < 1.29 is 19.0 Å². The number of hydrogen-bond donors (Lipinski definition) is 0. The van der Waals surface area contributed by atoms with Gasteiger partial charge in [0.1, 0.15) is 6.61 Å². The molecule has 0 aliphatic heterocycles. The summed E-state index contributed by atoms with van der Waals surface area (Å²) in [5.41, 5.74) is 0. The number of rotatable bonds is 12. The van der Waals surface area contributed by atoms with Crippen molar-refractivity contribution in [1.82, 2.24) is 0 Å². The summed E-state index contributed by atoms with van der Waals surface area (Å²) >= 11 is 0. The van der Waals surface area contributed by atoms with E-state index >= 15 is 0 Å². The molecule has 4 heteroatoms. The van der Waals surface area contributed by atoms with Gasteiger partial charge >= 0.3 is 5.97 Å². The van der Waals surface area contributed by atoms with Crippen molar-refractivity contribution in [3.05, 3.63) is 0 Å². The van der Waals surface area contributed by atoms with Crippen LogP contribution < -0.4 is 0 Å². The third kappa shape index (κ3) is 12.4. The monoisotopic (exact) mass is 288 g/mol. The predicted octanol–water partition coefficient (Wildman–Crippen LogP) is 3.43. The maximum Gasteiger partial charge on any atom is 0.332 e. The van der Waals surface area contributed by atoms with Crippen LogP contribution in [-0.4, -0.2) is 39.0 Å². The molecule has 0 aromatic rings. The van der Waals surface area contributed by atoms with E-state index in [-0.39, 0.29) is 18.7 Å². The lowest BCUT2D eigenvalue weighted by Crippen LogP contribution is -2.20. The van der Waals surface area contributed by atoms with Crippen LogP contribution in [-0.2, 0) is 19.0 Å². The van der Waals surface area contributed by atoms with Crippen molar-refractivity contribution in [2.45, 2.75) is 59.5 Å². The highest BCUT2D eigenvalue weighted by Gasteiger charge is 2.11. The maximum atomic E-state index is 11.5. The quantitative estimate of drug-likeness (QED) is 0.408. The van der Waals surface area contributed by atoms with Gasteiger partial charge in [0.15, 0.2) is 0 Å². The molecule has 0 saturated heterocycles. The summed E-state index contributed by atoms with van der Waals surface area (Å²) in [6.45, 7) is 9.68. The molecular formula is C16H32O4. The van der Waals surface area contributed by atoms with Crippen LogP contribution in [0.5, 0.6) is 0 Å². The summed E-state index contributed by atoms with van der Waals surface area (Å²) in [7, 11) is 1.60. The Balaban J connectivity index is 3.56. The van der Waals surface area contributed by atoms with E-state index in [0.29, 0.717) is 13.2 Å². The summed E-state index contributed by atoms with van der Waals surface area (Å²) in [4.78, 5) is 11.5. The number of methoxy groups -OCH3 is 1. The number of hydrogen-bond acceptors (Lipinski definition) is 4. The fourth-order valence-corrected chi connectivity index (χ4v) is 2.29. The van der Waals surface area contributed by atoms with Gasteiger partial charge in [-0.05, 0) is 38.0 Å². The minimum Gasteiger partial charge on any atom is -0.461 e. The van der Waals surface area contributed by atoms with Crippen LogP contribution in [0.25, 0.3) is 0 Å². The molecule has 2 atom stereocenters. The Morgan fingerprint density at radius 2 is 1.75 bits per heavy atom. The minimum absolute atomic E-state index is 0.0114. The average Bonchev–Trinajstić information content (AvgIpc) is 2.33. The molecule has 0 aromatic carbocycles. The summed E-state index contributed by atoms with van der Waals surface area (Å²) in [6.07, 6.45) is 4.46. The van der Waals surface area contributed by atoms with Crippen LogP contribution in [0.15, 0.2) is 0 Å². The predicted molar refractivity (Wildman–Crippen MR) is 80.7 cm³/mol. The van der Waals surface area contributed by atoms with Gasteiger partial charge in [-0.25, -0.2) is 4.79 Å². The Kier molecular flexibility index (Phi) is 11.8. The summed E-state index contributed by atoms with van der Waals surface area (Å²) in [5.74, 6) is 1.21. The molecule has 0 radical (unpaired) electrons. The third-order valence-corrected chi connectivity index (χ3v) is 3.17. The fraction of sp³-hybridized carbons (Fsp3) is 0.938. The van der Waals surface area contributed by atoms with E-state index in [1.807, 2.05) is 6.92 Å². The Bertz CT molecular complexity index is 241. The number of carbonyl (C=O) groups excluding carboxylic acids is 1. The second kappa shape index (κ2) is 12.2. The average molecular weight is 288 g/mol. The van der Waals surface area contributed by atoms with E-state index < -0.39 is 0 Å². The van der Waals surface area contributed by atoms with Crippen molar-refractivity contribution >= 4 is 5.97 Å². The summed E-state index contributed by atoms with van der Waals surface area (Å²) in [5, 5.41) is 0. The van der Waals surface area contributed by atoms with Crippen molar-refractivity contribution in [3.8, 4) is 0 Å². The lowest BCUT2D eigenvalue weighted by Gasteiger charge is -2.16. The fourth-order valence-electron chi connectivity index (χ4n) is 2.29. The number of carbonyl (C=O) groups is 1. The van der Waals surface area contributed by atoms with Crippen molar-refractivity contribution in [1.29, 1.82) is 0 Å². The minimum atomic E-state index is -0.288. The molecule has 120 valence electrons. The molecule has 0 aliphatic carbocycles. The molecule has 0 aromatic heterocycles. The highest BCUT2D eigenvalue weighted by molar-refractivity contribution is 5.70. The Hall–Kier alpha value is -0.610. The van der Waals surface area contributed by atoms with Gasteiger partial charge < -0.3 is 14.2 Å². The van der Waals surface area contributed by atoms with E-state index in [0.717, 1.165) is 24.7 Å². The molecule has 0 amide bonds. The molecule has 0 fully saturated rings. The van der Waals surface area contributed by atoms with Gasteiger partial charge in [-0.1, -0.05) is 27.2 Å². The highest BCUT2D eigenvalue weighted by atomic mass is 16.6. The topological polar surface area (TPSA) is 44.8 Å². The van der Waals surface area contributed by atoms with E-state index in [4.69, 9.17) is 14.2 Å². The molecule has 0 spiro atoms. The third-order valence-electron chi connectivity index (χ3n) is 3.17. The van der Waals surface area contributed by atoms with Crippen LogP contribution in [0.4, 0.5) is 0 Å². The molecule has 20 heavy (non-hydrogen) atoms. The second-order valence-electron chi connectivity index (χ2n) is 6.01. The van der Waals surface area contributed by atoms with Gasteiger partial charge in [0, 0.05) is 7.11 Å². The molecule has 0 rings (SSSR count). The van der Waals surface area contributed by atoms with Gasteiger partial charge in [-0.2, -0.15) is 0 Å². The standard InChI is InChI=1S/C16H32O4/c1-13(2)11-14(3)7-6-8-15(4)20-16(17)12-19-10-9-18-5/h13-15H,6-12H2,1-5H3. The maximum absolute atomic E-state index is 11.5.